The van der Waals surface area contributed by atoms with Crippen LogP contribution in [0.3, 0.4) is 0 Å². The van der Waals surface area contributed by atoms with Crippen molar-refractivity contribution in [2.45, 2.75) is 18.7 Å². The lowest BCUT2D eigenvalue weighted by Gasteiger charge is -2.15. The predicted molar refractivity (Wildman–Crippen MR) is 87.7 cm³/mol. The number of carbonyl (C=O) groups is 1. The summed E-state index contributed by atoms with van der Waals surface area (Å²) in [6.45, 7) is 2.16. The molecule has 23 heavy (non-hydrogen) atoms. The van der Waals surface area contributed by atoms with E-state index in [1.165, 1.54) is 30.1 Å². The molecule has 0 radical (unpaired) electrons. The Bertz CT molecular complexity index is 741. The average molecular weight is 331 g/mol. The molecule has 1 fully saturated rings. The van der Waals surface area contributed by atoms with E-state index in [9.17, 15) is 9.18 Å². The number of halogens is 1. The molecule has 1 unspecified atom stereocenters. The second-order valence-corrected chi connectivity index (χ2v) is 6.26. The molecule has 1 aliphatic rings. The van der Waals surface area contributed by atoms with Crippen molar-refractivity contribution >= 4 is 29.1 Å². The highest BCUT2D eigenvalue weighted by atomic mass is 32.2. The maximum Gasteiger partial charge on any atom is 0.242 e. The Kier molecular flexibility index (Phi) is 4.57. The molecule has 0 bridgehead atoms. The predicted octanol–water partition coefficient (Wildman–Crippen LogP) is 3.27. The molecular weight excluding hydrogens is 317 g/mol. The van der Waals surface area contributed by atoms with Crippen molar-refractivity contribution in [3.8, 4) is 0 Å². The van der Waals surface area contributed by atoms with Gasteiger partial charge < -0.3 is 4.42 Å². The van der Waals surface area contributed by atoms with Crippen LogP contribution in [0.1, 0.15) is 18.2 Å². The van der Waals surface area contributed by atoms with Gasteiger partial charge in [-0.15, -0.1) is 5.10 Å². The molecule has 1 atom stereocenters. The lowest BCUT2D eigenvalue weighted by molar-refractivity contribution is -0.126. The third-order valence-electron chi connectivity index (χ3n) is 3.25. The molecule has 0 N–H and O–H groups in total. The van der Waals surface area contributed by atoms with Crippen LogP contribution in [0.4, 0.5) is 4.39 Å². The van der Waals surface area contributed by atoms with Crippen LogP contribution in [0.15, 0.2) is 57.3 Å². The maximum atomic E-state index is 13.0. The Morgan fingerprint density at radius 2 is 2.13 bits per heavy atom. The van der Waals surface area contributed by atoms with Gasteiger partial charge in [0.15, 0.2) is 5.17 Å². The Hall–Kier alpha value is -2.41. The zero-order valence-electron chi connectivity index (χ0n) is 12.3. The van der Waals surface area contributed by atoms with Gasteiger partial charge >= 0.3 is 0 Å². The van der Waals surface area contributed by atoms with Crippen molar-refractivity contribution in [1.82, 2.24) is 4.90 Å². The number of nitrogens with zero attached hydrogens (tertiary/aromatic N) is 3. The van der Waals surface area contributed by atoms with Crippen molar-refractivity contribution < 1.29 is 13.6 Å². The molecule has 118 valence electrons. The summed E-state index contributed by atoms with van der Waals surface area (Å²) < 4.78 is 18.1. The first-order valence-corrected chi connectivity index (χ1v) is 7.88. The van der Waals surface area contributed by atoms with Gasteiger partial charge in [-0.25, -0.2) is 4.39 Å². The number of amidine groups is 1. The summed E-state index contributed by atoms with van der Waals surface area (Å²) in [6, 6.07) is 9.57. The van der Waals surface area contributed by atoms with Crippen LogP contribution in [0.25, 0.3) is 0 Å². The molecule has 1 amide bonds. The Labute approximate surface area is 136 Å². The van der Waals surface area contributed by atoms with E-state index in [1.54, 1.807) is 35.4 Å². The van der Waals surface area contributed by atoms with Crippen LogP contribution in [-0.4, -0.2) is 27.4 Å². The second-order valence-electron chi connectivity index (χ2n) is 4.95. The van der Waals surface area contributed by atoms with Gasteiger partial charge in [-0.2, -0.15) is 5.10 Å². The van der Waals surface area contributed by atoms with E-state index in [4.69, 9.17) is 4.42 Å². The lowest BCUT2D eigenvalue weighted by Crippen LogP contribution is -2.30. The summed E-state index contributed by atoms with van der Waals surface area (Å²) in [7, 11) is 0. The molecule has 5 nitrogen and oxygen atoms in total. The third kappa shape index (κ3) is 3.68. The highest BCUT2D eigenvalue weighted by Crippen LogP contribution is 2.28. The van der Waals surface area contributed by atoms with E-state index in [0.717, 1.165) is 5.56 Å². The minimum Gasteiger partial charge on any atom is -0.463 e. The van der Waals surface area contributed by atoms with Gasteiger partial charge in [0.1, 0.15) is 11.6 Å². The van der Waals surface area contributed by atoms with Crippen LogP contribution in [-0.2, 0) is 11.3 Å². The zero-order chi connectivity index (χ0) is 16.2. The first-order valence-electron chi connectivity index (χ1n) is 7.00. The van der Waals surface area contributed by atoms with Gasteiger partial charge in [-0.3, -0.25) is 9.69 Å². The fourth-order valence-corrected chi connectivity index (χ4v) is 3.00. The summed E-state index contributed by atoms with van der Waals surface area (Å²) in [5, 5.41) is 8.39. The molecular formula is C16H14FN3O2S. The second kappa shape index (κ2) is 6.78. The summed E-state index contributed by atoms with van der Waals surface area (Å²) in [5.74, 6) is 0.245. The van der Waals surface area contributed by atoms with Crippen molar-refractivity contribution in [2.75, 3.05) is 0 Å². The number of amides is 1. The molecule has 2 heterocycles. The van der Waals surface area contributed by atoms with Gasteiger partial charge in [0.2, 0.25) is 5.91 Å². The number of rotatable bonds is 4. The smallest absolute Gasteiger partial charge is 0.242 e. The number of thioether (sulfide) groups is 1. The van der Waals surface area contributed by atoms with Gasteiger partial charge in [0.05, 0.1) is 24.3 Å². The summed E-state index contributed by atoms with van der Waals surface area (Å²) >= 11 is 1.35. The van der Waals surface area contributed by atoms with E-state index in [2.05, 4.69) is 10.2 Å². The Morgan fingerprint density at radius 1 is 1.35 bits per heavy atom. The van der Waals surface area contributed by atoms with E-state index >= 15 is 0 Å². The highest BCUT2D eigenvalue weighted by Gasteiger charge is 2.35. The number of benzene rings is 1. The lowest BCUT2D eigenvalue weighted by atomic mass is 10.2. The molecule has 2 aromatic rings. The van der Waals surface area contributed by atoms with Gasteiger partial charge in [-0.1, -0.05) is 23.9 Å². The molecule has 1 aromatic heterocycles. The minimum absolute atomic E-state index is 0.0359. The summed E-state index contributed by atoms with van der Waals surface area (Å²) in [5.41, 5.74) is 0.831. The molecule has 1 saturated heterocycles. The van der Waals surface area contributed by atoms with Crippen LogP contribution in [0.5, 0.6) is 0 Å². The molecule has 0 aliphatic carbocycles. The van der Waals surface area contributed by atoms with Crippen molar-refractivity contribution in [2.24, 2.45) is 10.2 Å². The van der Waals surface area contributed by atoms with E-state index in [-0.39, 0.29) is 17.0 Å². The normalized spacial score (nSPS) is 20.1. The fraction of sp³-hybridized carbons (Fsp3) is 0.188. The van der Waals surface area contributed by atoms with Gasteiger partial charge in [0, 0.05) is 0 Å². The van der Waals surface area contributed by atoms with Crippen LogP contribution < -0.4 is 0 Å². The standard InChI is InChI=1S/C16H14FN3O2S/c1-11-15(21)20(10-12-4-6-13(17)7-5-12)16(23-11)19-18-9-14-3-2-8-22-14/h2-9,11H,10H2,1H3/b18-9+,19-16-. The third-order valence-corrected chi connectivity index (χ3v) is 4.32. The maximum absolute atomic E-state index is 13.0. The van der Waals surface area contributed by atoms with Crippen LogP contribution in [0.2, 0.25) is 0 Å². The fourth-order valence-electron chi connectivity index (χ4n) is 2.08. The monoisotopic (exact) mass is 331 g/mol. The van der Waals surface area contributed by atoms with E-state index in [0.29, 0.717) is 17.5 Å². The topological polar surface area (TPSA) is 58.2 Å². The van der Waals surface area contributed by atoms with Gasteiger partial charge in [-0.05, 0) is 36.8 Å². The number of furan rings is 1. The first-order chi connectivity index (χ1) is 11.1. The molecule has 0 spiro atoms. The van der Waals surface area contributed by atoms with E-state index < -0.39 is 0 Å². The molecule has 0 saturated carbocycles. The van der Waals surface area contributed by atoms with Crippen molar-refractivity contribution in [3.63, 3.8) is 0 Å². The summed E-state index contributed by atoms with van der Waals surface area (Å²) in [4.78, 5) is 13.8. The SMILES string of the molecule is CC1S/C(=N\N=C\c2ccco2)N(Cc2ccc(F)cc2)C1=O. The largest absolute Gasteiger partial charge is 0.463 e. The van der Waals surface area contributed by atoms with Crippen molar-refractivity contribution in [1.29, 1.82) is 0 Å². The molecule has 1 aliphatic heterocycles. The van der Waals surface area contributed by atoms with Gasteiger partial charge in [0.25, 0.3) is 0 Å². The first kappa shape index (κ1) is 15.5. The molecule has 7 heteroatoms. The number of hydrogen-bond donors (Lipinski definition) is 0. The quantitative estimate of drug-likeness (QED) is 0.638. The minimum atomic E-state index is -0.304. The number of carbonyl (C=O) groups excluding carboxylic acids is 1. The Balaban J connectivity index is 1.77. The molecule has 3 rings (SSSR count). The Morgan fingerprint density at radius 3 is 2.83 bits per heavy atom. The summed E-state index contributed by atoms with van der Waals surface area (Å²) in [6.07, 6.45) is 3.03. The van der Waals surface area contributed by atoms with Crippen LogP contribution >= 0.6 is 11.8 Å². The van der Waals surface area contributed by atoms with E-state index in [1.807, 2.05) is 6.92 Å². The average Bonchev–Trinajstić information content (AvgIpc) is 3.14. The molecule has 1 aromatic carbocycles. The van der Waals surface area contributed by atoms with Crippen molar-refractivity contribution in [3.05, 3.63) is 59.8 Å². The van der Waals surface area contributed by atoms with Crippen LogP contribution in [0, 0.1) is 5.82 Å². The zero-order valence-corrected chi connectivity index (χ0v) is 13.2. The highest BCUT2D eigenvalue weighted by molar-refractivity contribution is 8.15. The number of hydrogen-bond acceptors (Lipinski definition) is 5.